The summed E-state index contributed by atoms with van der Waals surface area (Å²) in [6, 6.07) is 16.7. The van der Waals surface area contributed by atoms with Crippen molar-refractivity contribution in [1.29, 1.82) is 0 Å². The second-order valence-corrected chi connectivity index (χ2v) is 19.7. The van der Waals surface area contributed by atoms with Crippen LogP contribution in [0.5, 0.6) is 5.75 Å². The van der Waals surface area contributed by atoms with Gasteiger partial charge < -0.3 is 19.4 Å². The molecule has 3 amide bonds. The van der Waals surface area contributed by atoms with Crippen LogP contribution in [-0.4, -0.2) is 93.4 Å². The number of rotatable bonds is 5. The van der Waals surface area contributed by atoms with E-state index < -0.39 is 6.04 Å². The number of likely N-dealkylation sites (tertiary alicyclic amines) is 2. The van der Waals surface area contributed by atoms with Crippen LogP contribution in [0.15, 0.2) is 53.3 Å². The summed E-state index contributed by atoms with van der Waals surface area (Å²) < 4.78 is 8.61. The number of hydrogen-bond acceptors (Lipinski definition) is 8. The Morgan fingerprint density at radius 3 is 2.42 bits per heavy atom. The number of ether oxygens (including phenoxy) is 1. The van der Waals surface area contributed by atoms with Gasteiger partial charge in [0.05, 0.1) is 40.2 Å². The maximum absolute atomic E-state index is 13.4. The van der Waals surface area contributed by atoms with Crippen LogP contribution in [-0.2, 0) is 27.0 Å². The number of halogens is 1. The van der Waals surface area contributed by atoms with Gasteiger partial charge in [-0.25, -0.2) is 0 Å². The van der Waals surface area contributed by atoms with Crippen LogP contribution >= 0.6 is 11.6 Å². The summed E-state index contributed by atoms with van der Waals surface area (Å²) in [6.07, 6.45) is 10.1. The summed E-state index contributed by atoms with van der Waals surface area (Å²) in [4.78, 5) is 62.5. The summed E-state index contributed by atoms with van der Waals surface area (Å²) in [5.74, 6) is 2.07. The second kappa shape index (κ2) is 14.2. The van der Waals surface area contributed by atoms with Gasteiger partial charge in [0.15, 0.2) is 0 Å². The first-order chi connectivity index (χ1) is 29.0. The van der Waals surface area contributed by atoms with Crippen LogP contribution < -0.4 is 15.6 Å². The number of nitrogens with one attached hydrogen (secondary N) is 1. The summed E-state index contributed by atoms with van der Waals surface area (Å²) in [5.41, 5.74) is 6.61. The fourth-order valence-electron chi connectivity index (χ4n) is 12.2. The van der Waals surface area contributed by atoms with E-state index in [0.29, 0.717) is 47.5 Å². The Bertz CT molecular complexity index is 2530. The molecule has 11 rings (SSSR count). The summed E-state index contributed by atoms with van der Waals surface area (Å²) >= 11 is 6.54. The lowest BCUT2D eigenvalue weighted by molar-refractivity contribution is -0.136. The third-order valence-corrected chi connectivity index (χ3v) is 16.1. The highest BCUT2D eigenvalue weighted by molar-refractivity contribution is 6.35. The molecule has 1 spiro atoms. The Labute approximate surface area is 355 Å². The third-order valence-electron chi connectivity index (χ3n) is 15.8. The molecule has 12 heteroatoms. The number of piperidine rings is 3. The Kier molecular flexibility index (Phi) is 9.10. The standard InChI is InChI=1S/C48H53ClN6O5/c1-47(2)34-12-8-30(24-39(34)55-37-5-3-4-36(49)41(37)44(58)51-46(47)55)29-16-20-53(21-17-29)31-9-6-28(7-10-31)25-52-22-18-48(19-23-52)27-60-42-33-26-54(38-14-15-40(56)50-43(38)57)45(59)32(33)11-13-35(42)48/h3-5,8,11-13,24,28-29,31,38H,6-7,9-10,14-23,25-27H2,1-2H3,(H,50,56,57)/t28?,31?,38-/m0/s1. The number of carbonyl (C=O) groups excluding carboxylic acids is 3. The van der Waals surface area contributed by atoms with Crippen molar-refractivity contribution in [2.45, 2.75) is 113 Å². The molecule has 1 aromatic heterocycles. The lowest BCUT2D eigenvalue weighted by atomic mass is 9.73. The molecule has 1 atom stereocenters. The predicted molar refractivity (Wildman–Crippen MR) is 229 cm³/mol. The summed E-state index contributed by atoms with van der Waals surface area (Å²) in [5, 5.41) is 3.34. The van der Waals surface area contributed by atoms with E-state index in [-0.39, 0.29) is 40.5 Å². The molecular formula is C48H53ClN6O5. The van der Waals surface area contributed by atoms with Crippen molar-refractivity contribution in [2.75, 3.05) is 39.3 Å². The van der Waals surface area contributed by atoms with E-state index in [1.165, 1.54) is 48.9 Å². The normalized spacial score (nSPS) is 26.2. The maximum atomic E-state index is 13.4. The van der Waals surface area contributed by atoms with Gasteiger partial charge in [0.25, 0.3) is 11.5 Å². The minimum Gasteiger partial charge on any atom is -0.492 e. The lowest BCUT2D eigenvalue weighted by Gasteiger charge is -2.43. The van der Waals surface area contributed by atoms with E-state index in [4.69, 9.17) is 16.3 Å². The second-order valence-electron chi connectivity index (χ2n) is 19.3. The first-order valence-corrected chi connectivity index (χ1v) is 22.6. The number of carbonyl (C=O) groups is 3. The van der Waals surface area contributed by atoms with Gasteiger partial charge in [-0.2, -0.15) is 4.98 Å². The van der Waals surface area contributed by atoms with E-state index in [2.05, 4.69) is 62.8 Å². The minimum absolute atomic E-state index is 0.0307. The molecule has 0 unspecified atom stereocenters. The van der Waals surface area contributed by atoms with Crippen LogP contribution in [0.4, 0.5) is 0 Å². The van der Waals surface area contributed by atoms with Crippen molar-refractivity contribution in [2.24, 2.45) is 5.92 Å². The average Bonchev–Trinajstić information content (AvgIpc) is 3.85. The van der Waals surface area contributed by atoms with Crippen molar-refractivity contribution < 1.29 is 19.1 Å². The summed E-state index contributed by atoms with van der Waals surface area (Å²) in [7, 11) is 0. The Balaban J connectivity index is 0.684. The fraction of sp³-hybridized carbons (Fsp3) is 0.521. The Morgan fingerprint density at radius 2 is 1.65 bits per heavy atom. The zero-order valence-corrected chi connectivity index (χ0v) is 35.4. The molecule has 3 aromatic carbocycles. The number of aromatic nitrogens is 2. The molecule has 11 nitrogen and oxygen atoms in total. The van der Waals surface area contributed by atoms with Gasteiger partial charge in [-0.05, 0) is 145 Å². The van der Waals surface area contributed by atoms with Gasteiger partial charge in [-0.15, -0.1) is 0 Å². The molecule has 1 N–H and O–H groups in total. The van der Waals surface area contributed by atoms with Gasteiger partial charge in [0, 0.05) is 41.1 Å². The number of fused-ring (bicyclic) bond motifs is 9. The van der Waals surface area contributed by atoms with Crippen LogP contribution in [0, 0.1) is 5.92 Å². The van der Waals surface area contributed by atoms with E-state index in [1.807, 2.05) is 18.2 Å². The topological polar surface area (TPSA) is 117 Å². The lowest BCUT2D eigenvalue weighted by Crippen LogP contribution is -2.52. The van der Waals surface area contributed by atoms with Gasteiger partial charge in [-0.1, -0.05) is 35.9 Å². The van der Waals surface area contributed by atoms with Crippen molar-refractivity contribution in [3.63, 3.8) is 0 Å². The van der Waals surface area contributed by atoms with E-state index in [1.54, 1.807) is 11.0 Å². The molecule has 60 heavy (non-hydrogen) atoms. The highest BCUT2D eigenvalue weighted by atomic mass is 35.5. The quantitative estimate of drug-likeness (QED) is 0.224. The van der Waals surface area contributed by atoms with Gasteiger partial charge >= 0.3 is 0 Å². The number of nitrogens with zero attached hydrogens (tertiary/aromatic N) is 5. The molecule has 3 saturated heterocycles. The minimum atomic E-state index is -0.620. The third kappa shape index (κ3) is 6.00. The Morgan fingerprint density at radius 1 is 0.883 bits per heavy atom. The van der Waals surface area contributed by atoms with Crippen molar-refractivity contribution in [1.82, 2.24) is 29.6 Å². The molecule has 0 bridgehead atoms. The smallest absolute Gasteiger partial charge is 0.282 e. The molecule has 7 aliphatic rings. The summed E-state index contributed by atoms with van der Waals surface area (Å²) in [6.45, 7) is 10.9. The largest absolute Gasteiger partial charge is 0.492 e. The zero-order valence-electron chi connectivity index (χ0n) is 34.6. The molecule has 0 radical (unpaired) electrons. The number of benzene rings is 3. The molecule has 4 fully saturated rings. The van der Waals surface area contributed by atoms with E-state index >= 15 is 0 Å². The van der Waals surface area contributed by atoms with Crippen LogP contribution in [0.2, 0.25) is 5.02 Å². The highest BCUT2D eigenvalue weighted by Crippen LogP contribution is 2.50. The number of amides is 3. The first-order valence-electron chi connectivity index (χ1n) is 22.3. The molecule has 7 heterocycles. The zero-order chi connectivity index (χ0) is 41.1. The SMILES string of the molecule is CC1(C)c2ccc(C3CCN(C4CCC(CN5CCC6(CC5)COc5c6ccc6c5CN([C@H]5CCC(=O)NC5=O)C6=O)CC4)CC3)cc2-n2c1nc(=O)c1c(Cl)cccc12. The van der Waals surface area contributed by atoms with Crippen molar-refractivity contribution >= 4 is 40.2 Å². The average molecular weight is 829 g/mol. The van der Waals surface area contributed by atoms with Crippen molar-refractivity contribution in [3.05, 3.63) is 97.5 Å². The molecule has 4 aromatic rings. The molecular weight excluding hydrogens is 776 g/mol. The van der Waals surface area contributed by atoms with E-state index in [0.717, 1.165) is 86.1 Å². The molecule has 1 aliphatic carbocycles. The number of hydrogen-bond donors (Lipinski definition) is 1. The predicted octanol–water partition coefficient (Wildman–Crippen LogP) is 6.60. The monoisotopic (exact) mass is 828 g/mol. The number of imide groups is 1. The van der Waals surface area contributed by atoms with Crippen LogP contribution in [0.1, 0.15) is 122 Å². The van der Waals surface area contributed by atoms with Gasteiger partial charge in [0.1, 0.15) is 17.6 Å². The van der Waals surface area contributed by atoms with Gasteiger partial charge in [-0.3, -0.25) is 29.1 Å². The Hall–Kier alpha value is -4.58. The van der Waals surface area contributed by atoms with Crippen LogP contribution in [0.25, 0.3) is 16.6 Å². The van der Waals surface area contributed by atoms with Gasteiger partial charge in [0.2, 0.25) is 11.8 Å². The fourth-order valence-corrected chi connectivity index (χ4v) is 12.5. The van der Waals surface area contributed by atoms with E-state index in [9.17, 15) is 19.2 Å². The molecule has 312 valence electrons. The van der Waals surface area contributed by atoms with Crippen LogP contribution in [0.3, 0.4) is 0 Å². The molecule has 6 aliphatic heterocycles. The first kappa shape index (κ1) is 38.3. The van der Waals surface area contributed by atoms with Crippen molar-refractivity contribution in [3.8, 4) is 11.4 Å². The highest BCUT2D eigenvalue weighted by Gasteiger charge is 2.48. The molecule has 1 saturated carbocycles. The maximum Gasteiger partial charge on any atom is 0.282 e.